The van der Waals surface area contributed by atoms with E-state index in [1.54, 1.807) is 0 Å². The van der Waals surface area contributed by atoms with Gasteiger partial charge in [-0.25, -0.2) is 0 Å². The van der Waals surface area contributed by atoms with E-state index in [1.165, 1.54) is 12.5 Å². The Hall–Kier alpha value is -1.29. The third kappa shape index (κ3) is 2.75. The minimum Gasteiger partial charge on any atom is -0.481 e. The first kappa shape index (κ1) is 13.1. The van der Waals surface area contributed by atoms with Gasteiger partial charge in [0.1, 0.15) is 0 Å². The molecule has 0 radical (unpaired) electrons. The number of aryl methyl sites for hydroxylation is 1. The Kier molecular flexibility index (Phi) is 4.07. The standard InChI is InChI=1S/C14H16O3S/c1-9(15)18-8-13(14(16)17)12-7-6-10-4-2-3-5-11(10)12/h2-5,12-13H,6-8H2,1H3,(H,16,17)/t12-,13-/m1/s1. The lowest BCUT2D eigenvalue weighted by molar-refractivity contribution is -0.141. The summed E-state index contributed by atoms with van der Waals surface area (Å²) in [5.41, 5.74) is 2.40. The van der Waals surface area contributed by atoms with Crippen LogP contribution in [-0.2, 0) is 16.0 Å². The highest BCUT2D eigenvalue weighted by molar-refractivity contribution is 8.13. The maximum Gasteiger partial charge on any atom is 0.307 e. The van der Waals surface area contributed by atoms with Crippen molar-refractivity contribution in [3.05, 3.63) is 35.4 Å². The molecule has 3 nitrogen and oxygen atoms in total. The van der Waals surface area contributed by atoms with Crippen LogP contribution in [0.3, 0.4) is 0 Å². The first-order valence-corrected chi connectivity index (χ1v) is 7.02. The Balaban J connectivity index is 2.18. The topological polar surface area (TPSA) is 54.4 Å². The van der Waals surface area contributed by atoms with Crippen LogP contribution in [-0.4, -0.2) is 21.9 Å². The van der Waals surface area contributed by atoms with Crippen LogP contribution in [0.4, 0.5) is 0 Å². The lowest BCUT2D eigenvalue weighted by atomic mass is 9.88. The van der Waals surface area contributed by atoms with E-state index in [9.17, 15) is 14.7 Å². The summed E-state index contributed by atoms with van der Waals surface area (Å²) in [6, 6.07) is 8.02. The van der Waals surface area contributed by atoms with Gasteiger partial charge in [-0.05, 0) is 29.9 Å². The Morgan fingerprint density at radius 1 is 1.44 bits per heavy atom. The number of benzene rings is 1. The van der Waals surface area contributed by atoms with Gasteiger partial charge >= 0.3 is 5.97 Å². The van der Waals surface area contributed by atoms with E-state index in [2.05, 4.69) is 6.07 Å². The molecule has 0 amide bonds. The van der Waals surface area contributed by atoms with Gasteiger partial charge in [-0.1, -0.05) is 36.0 Å². The molecule has 2 rings (SSSR count). The third-order valence-electron chi connectivity index (χ3n) is 3.45. The number of carbonyl (C=O) groups is 2. The number of fused-ring (bicyclic) bond motifs is 1. The SMILES string of the molecule is CC(=O)SC[C@@H](C(=O)O)[C@@H]1CCc2ccccc21. The van der Waals surface area contributed by atoms with E-state index in [0.29, 0.717) is 5.75 Å². The van der Waals surface area contributed by atoms with Gasteiger partial charge in [0.05, 0.1) is 5.92 Å². The number of rotatable bonds is 4. The van der Waals surface area contributed by atoms with Crippen molar-refractivity contribution in [1.29, 1.82) is 0 Å². The molecule has 0 aliphatic heterocycles. The molecule has 1 aromatic rings. The van der Waals surface area contributed by atoms with E-state index in [4.69, 9.17) is 0 Å². The van der Waals surface area contributed by atoms with Gasteiger partial charge in [-0.2, -0.15) is 0 Å². The predicted octanol–water partition coefficient (Wildman–Crippen LogP) is 2.70. The molecule has 1 N–H and O–H groups in total. The number of thioether (sulfide) groups is 1. The summed E-state index contributed by atoms with van der Waals surface area (Å²) in [4.78, 5) is 22.4. The molecular formula is C14H16O3S. The Labute approximate surface area is 111 Å². The molecule has 0 unspecified atom stereocenters. The van der Waals surface area contributed by atoms with Gasteiger partial charge in [0.15, 0.2) is 5.12 Å². The molecule has 2 atom stereocenters. The Bertz CT molecular complexity index is 470. The first-order valence-electron chi connectivity index (χ1n) is 6.03. The van der Waals surface area contributed by atoms with Gasteiger partial charge in [0.25, 0.3) is 0 Å². The summed E-state index contributed by atoms with van der Waals surface area (Å²) < 4.78 is 0. The van der Waals surface area contributed by atoms with E-state index in [1.807, 2.05) is 18.2 Å². The molecule has 0 aromatic heterocycles. The number of aliphatic carboxylic acids is 1. The fraction of sp³-hybridized carbons (Fsp3) is 0.429. The van der Waals surface area contributed by atoms with Gasteiger partial charge in [0, 0.05) is 12.7 Å². The molecule has 0 bridgehead atoms. The molecule has 1 aliphatic carbocycles. The van der Waals surface area contributed by atoms with E-state index < -0.39 is 11.9 Å². The summed E-state index contributed by atoms with van der Waals surface area (Å²) in [6.07, 6.45) is 1.81. The molecule has 0 spiro atoms. The average molecular weight is 264 g/mol. The summed E-state index contributed by atoms with van der Waals surface area (Å²) in [6.45, 7) is 1.48. The summed E-state index contributed by atoms with van der Waals surface area (Å²) in [7, 11) is 0. The van der Waals surface area contributed by atoms with E-state index in [-0.39, 0.29) is 11.0 Å². The number of hydrogen-bond acceptors (Lipinski definition) is 3. The zero-order chi connectivity index (χ0) is 13.1. The monoisotopic (exact) mass is 264 g/mol. The second-order valence-electron chi connectivity index (χ2n) is 4.59. The molecule has 0 saturated carbocycles. The second kappa shape index (κ2) is 5.57. The highest BCUT2D eigenvalue weighted by atomic mass is 32.2. The van der Waals surface area contributed by atoms with Gasteiger partial charge in [-0.3, -0.25) is 9.59 Å². The van der Waals surface area contributed by atoms with Crippen molar-refractivity contribution >= 4 is 22.8 Å². The maximum absolute atomic E-state index is 11.4. The van der Waals surface area contributed by atoms with Crippen LogP contribution in [0.25, 0.3) is 0 Å². The van der Waals surface area contributed by atoms with Crippen molar-refractivity contribution in [3.8, 4) is 0 Å². The molecule has 96 valence electrons. The van der Waals surface area contributed by atoms with Crippen molar-refractivity contribution < 1.29 is 14.7 Å². The molecular weight excluding hydrogens is 248 g/mol. The lowest BCUT2D eigenvalue weighted by Crippen LogP contribution is -2.23. The molecule has 0 fully saturated rings. The maximum atomic E-state index is 11.4. The van der Waals surface area contributed by atoms with Gasteiger partial charge < -0.3 is 5.11 Å². The molecule has 1 aromatic carbocycles. The number of hydrogen-bond donors (Lipinski definition) is 1. The van der Waals surface area contributed by atoms with Gasteiger partial charge in [0.2, 0.25) is 0 Å². The molecule has 4 heteroatoms. The van der Waals surface area contributed by atoms with Crippen LogP contribution in [0, 0.1) is 5.92 Å². The summed E-state index contributed by atoms with van der Waals surface area (Å²) in [5.74, 6) is -0.859. The normalized spacial score (nSPS) is 19.3. The van der Waals surface area contributed by atoms with E-state index >= 15 is 0 Å². The Morgan fingerprint density at radius 3 is 2.83 bits per heavy atom. The Morgan fingerprint density at radius 2 is 2.17 bits per heavy atom. The summed E-state index contributed by atoms with van der Waals surface area (Å²) in [5, 5.41) is 9.33. The minimum atomic E-state index is -0.801. The predicted molar refractivity (Wildman–Crippen MR) is 71.8 cm³/mol. The molecule has 0 saturated heterocycles. The average Bonchev–Trinajstić information content (AvgIpc) is 2.73. The van der Waals surface area contributed by atoms with Crippen molar-refractivity contribution in [1.82, 2.24) is 0 Å². The summed E-state index contributed by atoms with van der Waals surface area (Å²) >= 11 is 1.11. The molecule has 1 aliphatic rings. The number of carboxylic acid groups (broad SMARTS) is 1. The minimum absolute atomic E-state index is 0.0208. The lowest BCUT2D eigenvalue weighted by Gasteiger charge is -2.19. The second-order valence-corrected chi connectivity index (χ2v) is 5.79. The van der Waals surface area contributed by atoms with Crippen LogP contribution < -0.4 is 0 Å². The molecule has 18 heavy (non-hydrogen) atoms. The zero-order valence-corrected chi connectivity index (χ0v) is 11.1. The zero-order valence-electron chi connectivity index (χ0n) is 10.3. The number of carboxylic acids is 1. The van der Waals surface area contributed by atoms with Crippen LogP contribution in [0.2, 0.25) is 0 Å². The van der Waals surface area contributed by atoms with Crippen molar-refractivity contribution in [2.24, 2.45) is 5.92 Å². The first-order chi connectivity index (χ1) is 8.59. The van der Waals surface area contributed by atoms with E-state index in [0.717, 1.165) is 30.2 Å². The van der Waals surface area contributed by atoms with Crippen molar-refractivity contribution in [2.45, 2.75) is 25.7 Å². The van der Waals surface area contributed by atoms with Crippen LogP contribution >= 0.6 is 11.8 Å². The highest BCUT2D eigenvalue weighted by Gasteiger charge is 2.34. The van der Waals surface area contributed by atoms with Crippen LogP contribution in [0.15, 0.2) is 24.3 Å². The highest BCUT2D eigenvalue weighted by Crippen LogP contribution is 2.39. The molecule has 0 heterocycles. The van der Waals surface area contributed by atoms with Crippen molar-refractivity contribution in [3.63, 3.8) is 0 Å². The van der Waals surface area contributed by atoms with Gasteiger partial charge in [-0.15, -0.1) is 0 Å². The fourth-order valence-electron chi connectivity index (χ4n) is 2.57. The third-order valence-corrected chi connectivity index (χ3v) is 4.38. The number of carbonyl (C=O) groups excluding carboxylic acids is 1. The smallest absolute Gasteiger partial charge is 0.307 e. The van der Waals surface area contributed by atoms with Crippen molar-refractivity contribution in [2.75, 3.05) is 5.75 Å². The van der Waals surface area contributed by atoms with Crippen LogP contribution in [0.5, 0.6) is 0 Å². The largest absolute Gasteiger partial charge is 0.481 e. The quantitative estimate of drug-likeness (QED) is 0.908. The fourth-order valence-corrected chi connectivity index (χ4v) is 3.36. The van der Waals surface area contributed by atoms with Crippen LogP contribution in [0.1, 0.15) is 30.4 Å².